The second kappa shape index (κ2) is 6.29. The van der Waals surface area contributed by atoms with Crippen LogP contribution in [0.2, 0.25) is 0 Å². The highest BCUT2D eigenvalue weighted by molar-refractivity contribution is 5.90. The second-order valence-corrected chi connectivity index (χ2v) is 6.62. The molecule has 0 unspecified atom stereocenters. The molecule has 0 fully saturated rings. The van der Waals surface area contributed by atoms with Crippen molar-refractivity contribution < 1.29 is 14.5 Å². The van der Waals surface area contributed by atoms with Gasteiger partial charge >= 0.3 is 5.97 Å². The van der Waals surface area contributed by atoms with Gasteiger partial charge in [-0.1, -0.05) is 24.3 Å². The number of rotatable bonds is 3. The number of nitro benzene ring substituents is 1. The lowest BCUT2D eigenvalue weighted by atomic mass is 9.76. The van der Waals surface area contributed by atoms with Crippen molar-refractivity contribution in [1.82, 2.24) is 0 Å². The quantitative estimate of drug-likeness (QED) is 0.388. The Hall–Kier alpha value is -3.15. The smallest absolute Gasteiger partial charge is 0.337 e. The van der Waals surface area contributed by atoms with Crippen LogP contribution in [0.15, 0.2) is 54.6 Å². The minimum atomic E-state index is -0.368. The number of esters is 1. The highest BCUT2D eigenvalue weighted by atomic mass is 16.6. The number of fused-ring (bicyclic) bond motifs is 3. The Balaban J connectivity index is 1.75. The molecular formula is C20H18N2O4. The molecule has 1 aliphatic heterocycles. The number of nitrogens with one attached hydrogen (secondary N) is 1. The molecule has 0 radical (unpaired) electrons. The number of hydrogen-bond donors (Lipinski definition) is 1. The Morgan fingerprint density at radius 2 is 2.12 bits per heavy atom. The molecule has 2 aromatic carbocycles. The van der Waals surface area contributed by atoms with Gasteiger partial charge in [0.05, 0.1) is 23.6 Å². The maximum Gasteiger partial charge on any atom is 0.337 e. The van der Waals surface area contributed by atoms with E-state index >= 15 is 0 Å². The van der Waals surface area contributed by atoms with E-state index in [1.54, 1.807) is 18.2 Å². The van der Waals surface area contributed by atoms with Crippen LogP contribution in [0.1, 0.15) is 39.9 Å². The standard InChI is InChI=1S/C20H18N2O4/c1-26-20(23)13-8-9-18-17(11-13)15-6-3-7-16(15)19(21-18)12-4-2-5-14(10-12)22(24)25/h2-6,8-11,15-16,19,21H,7H2,1H3/t15-,16+,19+/m0/s1. The van der Waals surface area contributed by atoms with Crippen molar-refractivity contribution in [2.45, 2.75) is 18.4 Å². The lowest BCUT2D eigenvalue weighted by Crippen LogP contribution is -2.29. The Bertz CT molecular complexity index is 922. The van der Waals surface area contributed by atoms with Gasteiger partial charge in [-0.05, 0) is 41.7 Å². The van der Waals surface area contributed by atoms with E-state index in [9.17, 15) is 14.9 Å². The molecule has 132 valence electrons. The third kappa shape index (κ3) is 2.63. The number of anilines is 1. The molecule has 0 spiro atoms. The molecule has 1 heterocycles. The van der Waals surface area contributed by atoms with Crippen LogP contribution in [0.3, 0.4) is 0 Å². The molecule has 0 saturated carbocycles. The minimum absolute atomic E-state index is 0.0219. The average Bonchev–Trinajstić information content (AvgIpc) is 3.16. The molecule has 1 aliphatic carbocycles. The summed E-state index contributed by atoms with van der Waals surface area (Å²) < 4.78 is 4.82. The Morgan fingerprint density at radius 3 is 2.88 bits per heavy atom. The number of nitro groups is 1. The van der Waals surface area contributed by atoms with Crippen molar-refractivity contribution in [3.8, 4) is 0 Å². The summed E-state index contributed by atoms with van der Waals surface area (Å²) in [5.41, 5.74) is 3.54. The summed E-state index contributed by atoms with van der Waals surface area (Å²) in [5, 5.41) is 14.6. The van der Waals surface area contributed by atoms with Gasteiger partial charge < -0.3 is 10.1 Å². The summed E-state index contributed by atoms with van der Waals surface area (Å²) in [6.45, 7) is 0. The molecule has 26 heavy (non-hydrogen) atoms. The van der Waals surface area contributed by atoms with Gasteiger partial charge in [0.25, 0.3) is 5.69 Å². The predicted octanol–water partition coefficient (Wildman–Crippen LogP) is 4.21. The van der Waals surface area contributed by atoms with Crippen molar-refractivity contribution in [3.63, 3.8) is 0 Å². The van der Waals surface area contributed by atoms with Crippen molar-refractivity contribution >= 4 is 17.3 Å². The van der Waals surface area contributed by atoms with Gasteiger partial charge in [-0.15, -0.1) is 0 Å². The number of methoxy groups -OCH3 is 1. The first-order valence-corrected chi connectivity index (χ1v) is 8.48. The third-order valence-corrected chi connectivity index (χ3v) is 5.22. The van der Waals surface area contributed by atoms with Crippen LogP contribution in [-0.2, 0) is 4.74 Å². The van der Waals surface area contributed by atoms with Crippen molar-refractivity contribution in [2.75, 3.05) is 12.4 Å². The highest BCUT2D eigenvalue weighted by Gasteiger charge is 2.38. The number of non-ortho nitro benzene ring substituents is 1. The average molecular weight is 350 g/mol. The van der Waals surface area contributed by atoms with Crippen LogP contribution in [-0.4, -0.2) is 18.0 Å². The number of hydrogen-bond acceptors (Lipinski definition) is 5. The number of nitrogens with zero attached hydrogens (tertiary/aromatic N) is 1. The van der Waals surface area contributed by atoms with Crippen LogP contribution in [0.5, 0.6) is 0 Å². The Morgan fingerprint density at radius 1 is 1.27 bits per heavy atom. The van der Waals surface area contributed by atoms with Gasteiger partial charge in [-0.2, -0.15) is 0 Å². The first-order chi connectivity index (χ1) is 12.6. The third-order valence-electron chi connectivity index (χ3n) is 5.22. The summed E-state index contributed by atoms with van der Waals surface area (Å²) in [4.78, 5) is 22.6. The maximum absolute atomic E-state index is 11.9. The number of ether oxygens (including phenoxy) is 1. The number of carbonyl (C=O) groups is 1. The highest BCUT2D eigenvalue weighted by Crippen LogP contribution is 2.50. The minimum Gasteiger partial charge on any atom is -0.465 e. The van der Waals surface area contributed by atoms with E-state index in [0.717, 1.165) is 23.2 Å². The molecular weight excluding hydrogens is 332 g/mol. The van der Waals surface area contributed by atoms with Gasteiger partial charge in [0.2, 0.25) is 0 Å². The monoisotopic (exact) mass is 350 g/mol. The molecule has 0 amide bonds. The first-order valence-electron chi connectivity index (χ1n) is 8.48. The summed E-state index contributed by atoms with van der Waals surface area (Å²) in [5.74, 6) is 0.0599. The number of carbonyl (C=O) groups excluding carboxylic acids is 1. The zero-order valence-corrected chi connectivity index (χ0v) is 14.2. The Labute approximate surface area is 150 Å². The van der Waals surface area contributed by atoms with E-state index in [-0.39, 0.29) is 34.5 Å². The van der Waals surface area contributed by atoms with Gasteiger partial charge in [0, 0.05) is 23.7 Å². The van der Waals surface area contributed by atoms with Gasteiger partial charge in [-0.3, -0.25) is 10.1 Å². The molecule has 4 rings (SSSR count). The second-order valence-electron chi connectivity index (χ2n) is 6.62. The number of benzene rings is 2. The zero-order chi connectivity index (χ0) is 18.3. The summed E-state index contributed by atoms with van der Waals surface area (Å²) in [6, 6.07) is 12.3. The van der Waals surface area contributed by atoms with E-state index in [1.165, 1.54) is 13.2 Å². The van der Waals surface area contributed by atoms with E-state index in [1.807, 2.05) is 18.2 Å². The summed E-state index contributed by atoms with van der Waals surface area (Å²) in [7, 11) is 1.37. The normalized spacial score (nSPS) is 22.9. The lowest BCUT2D eigenvalue weighted by Gasteiger charge is -2.37. The SMILES string of the molecule is COC(=O)c1ccc2c(c1)[C@H]1C=CC[C@H]1[C@@H](c1cccc([N+](=O)[O-])c1)N2. The molecule has 3 atom stereocenters. The van der Waals surface area contributed by atoms with E-state index in [4.69, 9.17) is 4.74 Å². The summed E-state index contributed by atoms with van der Waals surface area (Å²) >= 11 is 0. The van der Waals surface area contributed by atoms with Crippen LogP contribution in [0, 0.1) is 16.0 Å². The van der Waals surface area contributed by atoms with Gasteiger partial charge in [-0.25, -0.2) is 4.79 Å². The molecule has 0 bridgehead atoms. The molecule has 2 aromatic rings. The van der Waals surface area contributed by atoms with Crippen LogP contribution in [0.4, 0.5) is 11.4 Å². The predicted molar refractivity (Wildman–Crippen MR) is 97.2 cm³/mol. The number of allylic oxidation sites excluding steroid dienone is 2. The molecule has 6 nitrogen and oxygen atoms in total. The molecule has 0 saturated heterocycles. The van der Waals surface area contributed by atoms with Gasteiger partial charge in [0.15, 0.2) is 0 Å². The van der Waals surface area contributed by atoms with Crippen molar-refractivity contribution in [3.05, 3.63) is 81.4 Å². The van der Waals surface area contributed by atoms with E-state index < -0.39 is 0 Å². The van der Waals surface area contributed by atoms with Crippen LogP contribution >= 0.6 is 0 Å². The van der Waals surface area contributed by atoms with E-state index in [2.05, 4.69) is 17.5 Å². The fourth-order valence-electron chi connectivity index (χ4n) is 4.00. The summed E-state index contributed by atoms with van der Waals surface area (Å²) in [6.07, 6.45) is 5.18. The van der Waals surface area contributed by atoms with Crippen LogP contribution < -0.4 is 5.32 Å². The first kappa shape index (κ1) is 16.3. The molecule has 0 aromatic heterocycles. The van der Waals surface area contributed by atoms with Crippen molar-refractivity contribution in [1.29, 1.82) is 0 Å². The molecule has 1 N–H and O–H groups in total. The van der Waals surface area contributed by atoms with E-state index in [0.29, 0.717) is 5.56 Å². The van der Waals surface area contributed by atoms with Crippen molar-refractivity contribution in [2.24, 2.45) is 5.92 Å². The fraction of sp³-hybridized carbons (Fsp3) is 0.250. The maximum atomic E-state index is 11.9. The molecule has 2 aliphatic rings. The largest absolute Gasteiger partial charge is 0.465 e. The zero-order valence-electron chi connectivity index (χ0n) is 14.2. The molecule has 6 heteroatoms. The topological polar surface area (TPSA) is 81.5 Å². The Kier molecular flexibility index (Phi) is 3.95. The fourth-order valence-corrected chi connectivity index (χ4v) is 4.00. The lowest BCUT2D eigenvalue weighted by molar-refractivity contribution is -0.384. The van der Waals surface area contributed by atoms with Gasteiger partial charge in [0.1, 0.15) is 0 Å². The van der Waals surface area contributed by atoms with Crippen LogP contribution in [0.25, 0.3) is 0 Å².